The Labute approximate surface area is 126 Å². The van der Waals surface area contributed by atoms with Gasteiger partial charge in [-0.15, -0.1) is 0 Å². The fourth-order valence-corrected chi connectivity index (χ4v) is 2.63. The van der Waals surface area contributed by atoms with Crippen molar-refractivity contribution in [3.8, 4) is 22.5 Å². The summed E-state index contributed by atoms with van der Waals surface area (Å²) in [6.07, 6.45) is 7.42. The Morgan fingerprint density at radius 3 is 2.90 bits per heavy atom. The third-order valence-electron chi connectivity index (χ3n) is 3.41. The predicted octanol–water partition coefficient (Wildman–Crippen LogP) is 4.04. The molecule has 0 fully saturated rings. The van der Waals surface area contributed by atoms with Gasteiger partial charge in [0.05, 0.1) is 17.7 Å². The largest absolute Gasteiger partial charge is 0.344 e. The molecule has 5 heteroatoms. The van der Waals surface area contributed by atoms with Gasteiger partial charge in [0.2, 0.25) is 0 Å². The van der Waals surface area contributed by atoms with Crippen molar-refractivity contribution in [2.75, 3.05) is 0 Å². The SMILES string of the molecule is Clc1cccc(-c2[nH]cnc2-c2ccc3nccn3c2)c1. The molecular formula is C16H11ClN4. The Hall–Kier alpha value is -2.59. The first-order chi connectivity index (χ1) is 10.3. The van der Waals surface area contributed by atoms with E-state index in [-0.39, 0.29) is 0 Å². The number of halogens is 1. The lowest BCUT2D eigenvalue weighted by atomic mass is 10.1. The molecule has 3 heterocycles. The van der Waals surface area contributed by atoms with Crippen LogP contribution in [0.15, 0.2) is 61.3 Å². The molecule has 0 atom stereocenters. The molecule has 4 nitrogen and oxygen atoms in total. The van der Waals surface area contributed by atoms with Crippen LogP contribution in [0.1, 0.15) is 0 Å². The first-order valence-corrected chi connectivity index (χ1v) is 6.91. The van der Waals surface area contributed by atoms with Crippen molar-refractivity contribution < 1.29 is 0 Å². The highest BCUT2D eigenvalue weighted by atomic mass is 35.5. The number of H-pyrrole nitrogens is 1. The molecule has 0 aliphatic rings. The molecule has 0 saturated heterocycles. The number of rotatable bonds is 2. The van der Waals surface area contributed by atoms with Crippen LogP contribution in [0.2, 0.25) is 5.02 Å². The standard InChI is InChI=1S/C16H11ClN4/c17-13-3-1-2-11(8-13)15-16(20-10-19-15)12-4-5-14-18-6-7-21(14)9-12/h1-10H,(H,19,20). The summed E-state index contributed by atoms with van der Waals surface area (Å²) >= 11 is 6.08. The smallest absolute Gasteiger partial charge is 0.136 e. The molecule has 4 aromatic rings. The van der Waals surface area contributed by atoms with Gasteiger partial charge in [0, 0.05) is 34.7 Å². The number of aromatic amines is 1. The second-order valence-electron chi connectivity index (χ2n) is 4.75. The van der Waals surface area contributed by atoms with Crippen LogP contribution in [0, 0.1) is 0 Å². The first kappa shape index (κ1) is 12.2. The highest BCUT2D eigenvalue weighted by Crippen LogP contribution is 2.30. The van der Waals surface area contributed by atoms with Crippen LogP contribution in [0.4, 0.5) is 0 Å². The molecule has 0 radical (unpaired) electrons. The number of fused-ring (bicyclic) bond motifs is 1. The van der Waals surface area contributed by atoms with E-state index in [4.69, 9.17) is 11.6 Å². The average molecular weight is 295 g/mol. The van der Waals surface area contributed by atoms with E-state index >= 15 is 0 Å². The first-order valence-electron chi connectivity index (χ1n) is 6.54. The topological polar surface area (TPSA) is 46.0 Å². The minimum atomic E-state index is 0.707. The highest BCUT2D eigenvalue weighted by molar-refractivity contribution is 6.30. The number of hydrogen-bond donors (Lipinski definition) is 1. The van der Waals surface area contributed by atoms with Crippen molar-refractivity contribution in [2.24, 2.45) is 0 Å². The maximum atomic E-state index is 6.08. The van der Waals surface area contributed by atoms with Crippen molar-refractivity contribution in [3.63, 3.8) is 0 Å². The summed E-state index contributed by atoms with van der Waals surface area (Å²) in [4.78, 5) is 11.9. The second-order valence-corrected chi connectivity index (χ2v) is 5.18. The second kappa shape index (κ2) is 4.75. The molecule has 0 unspecified atom stereocenters. The monoisotopic (exact) mass is 294 g/mol. The molecule has 1 N–H and O–H groups in total. The van der Waals surface area contributed by atoms with E-state index < -0.39 is 0 Å². The van der Waals surface area contributed by atoms with Crippen molar-refractivity contribution in [1.29, 1.82) is 0 Å². The van der Waals surface area contributed by atoms with Crippen LogP contribution in [-0.4, -0.2) is 19.4 Å². The molecular weight excluding hydrogens is 284 g/mol. The number of hydrogen-bond acceptors (Lipinski definition) is 2. The fraction of sp³-hybridized carbons (Fsp3) is 0. The number of aromatic nitrogens is 4. The number of nitrogens with one attached hydrogen (secondary N) is 1. The minimum absolute atomic E-state index is 0.707. The van der Waals surface area contributed by atoms with Gasteiger partial charge in [-0.25, -0.2) is 9.97 Å². The average Bonchev–Trinajstić information content (AvgIpc) is 3.15. The molecule has 102 valence electrons. The molecule has 0 bridgehead atoms. The molecule has 0 spiro atoms. The lowest BCUT2D eigenvalue weighted by Gasteiger charge is -2.05. The lowest BCUT2D eigenvalue weighted by Crippen LogP contribution is -1.88. The Balaban J connectivity index is 1.88. The molecule has 0 saturated carbocycles. The molecule has 3 aromatic heterocycles. The molecule has 0 aliphatic carbocycles. The van der Waals surface area contributed by atoms with Gasteiger partial charge in [-0.05, 0) is 24.3 Å². The van der Waals surface area contributed by atoms with E-state index in [0.717, 1.165) is 28.2 Å². The van der Waals surface area contributed by atoms with E-state index in [2.05, 4.69) is 15.0 Å². The van der Waals surface area contributed by atoms with Gasteiger partial charge in [0.15, 0.2) is 0 Å². The fourth-order valence-electron chi connectivity index (χ4n) is 2.44. The summed E-state index contributed by atoms with van der Waals surface area (Å²) in [5.41, 5.74) is 4.81. The molecule has 1 aromatic carbocycles. The summed E-state index contributed by atoms with van der Waals surface area (Å²) in [6.45, 7) is 0. The third kappa shape index (κ3) is 2.10. The van der Waals surface area contributed by atoms with Gasteiger partial charge in [-0.3, -0.25) is 0 Å². The summed E-state index contributed by atoms with van der Waals surface area (Å²) < 4.78 is 1.98. The van der Waals surface area contributed by atoms with E-state index in [9.17, 15) is 0 Å². The molecule has 21 heavy (non-hydrogen) atoms. The van der Waals surface area contributed by atoms with Gasteiger partial charge >= 0.3 is 0 Å². The van der Waals surface area contributed by atoms with Gasteiger partial charge in [0.1, 0.15) is 5.65 Å². The van der Waals surface area contributed by atoms with E-state index in [1.807, 2.05) is 53.2 Å². The number of nitrogens with zero attached hydrogens (tertiary/aromatic N) is 3. The van der Waals surface area contributed by atoms with Crippen LogP contribution in [0.25, 0.3) is 28.2 Å². The van der Waals surface area contributed by atoms with Gasteiger partial charge in [0.25, 0.3) is 0 Å². The van der Waals surface area contributed by atoms with Crippen molar-refractivity contribution in [2.45, 2.75) is 0 Å². The van der Waals surface area contributed by atoms with Crippen molar-refractivity contribution >= 4 is 17.2 Å². The summed E-state index contributed by atoms with van der Waals surface area (Å²) in [5, 5.41) is 0.707. The van der Waals surface area contributed by atoms with Crippen LogP contribution in [0.3, 0.4) is 0 Å². The normalized spacial score (nSPS) is 11.1. The number of benzene rings is 1. The molecule has 0 amide bonds. The number of imidazole rings is 2. The van der Waals surface area contributed by atoms with Crippen LogP contribution < -0.4 is 0 Å². The van der Waals surface area contributed by atoms with Gasteiger partial charge in [-0.1, -0.05) is 23.7 Å². The number of pyridine rings is 1. The zero-order valence-electron chi connectivity index (χ0n) is 11.0. The maximum Gasteiger partial charge on any atom is 0.136 e. The summed E-state index contributed by atoms with van der Waals surface area (Å²) in [7, 11) is 0. The third-order valence-corrected chi connectivity index (χ3v) is 3.65. The Kier molecular flexibility index (Phi) is 2.75. The van der Waals surface area contributed by atoms with Crippen LogP contribution >= 0.6 is 11.6 Å². The van der Waals surface area contributed by atoms with E-state index in [0.29, 0.717) is 5.02 Å². The Morgan fingerprint density at radius 1 is 1.05 bits per heavy atom. The predicted molar refractivity (Wildman–Crippen MR) is 83.2 cm³/mol. The Bertz CT molecular complexity index is 923. The minimum Gasteiger partial charge on any atom is -0.344 e. The highest BCUT2D eigenvalue weighted by Gasteiger charge is 2.11. The van der Waals surface area contributed by atoms with E-state index in [1.165, 1.54) is 0 Å². The molecule has 4 rings (SSSR count). The zero-order valence-corrected chi connectivity index (χ0v) is 11.7. The van der Waals surface area contributed by atoms with Crippen molar-refractivity contribution in [1.82, 2.24) is 19.4 Å². The Morgan fingerprint density at radius 2 is 2.00 bits per heavy atom. The van der Waals surface area contributed by atoms with E-state index in [1.54, 1.807) is 12.5 Å². The van der Waals surface area contributed by atoms with Gasteiger partial charge in [-0.2, -0.15) is 0 Å². The zero-order chi connectivity index (χ0) is 14.2. The quantitative estimate of drug-likeness (QED) is 0.606. The lowest BCUT2D eigenvalue weighted by molar-refractivity contribution is 1.18. The molecule has 0 aliphatic heterocycles. The van der Waals surface area contributed by atoms with Crippen LogP contribution in [-0.2, 0) is 0 Å². The maximum absolute atomic E-state index is 6.08. The van der Waals surface area contributed by atoms with Crippen molar-refractivity contribution in [3.05, 3.63) is 66.3 Å². The summed E-state index contributed by atoms with van der Waals surface area (Å²) in [5.74, 6) is 0. The summed E-state index contributed by atoms with van der Waals surface area (Å²) in [6, 6.07) is 11.7. The van der Waals surface area contributed by atoms with Gasteiger partial charge < -0.3 is 9.38 Å². The van der Waals surface area contributed by atoms with Crippen LogP contribution in [0.5, 0.6) is 0 Å².